The van der Waals surface area contributed by atoms with E-state index in [1.54, 1.807) is 6.20 Å². The number of hydrogen-bond donors (Lipinski definition) is 1. The van der Waals surface area contributed by atoms with Gasteiger partial charge in [-0.15, -0.1) is 0 Å². The van der Waals surface area contributed by atoms with Crippen molar-refractivity contribution in [2.75, 3.05) is 0 Å². The van der Waals surface area contributed by atoms with E-state index in [2.05, 4.69) is 28.4 Å². The van der Waals surface area contributed by atoms with E-state index < -0.39 is 5.97 Å². The lowest BCUT2D eigenvalue weighted by atomic mass is 10.2. The predicted octanol–water partition coefficient (Wildman–Crippen LogP) is 2.49. The second kappa shape index (κ2) is 5.82. The minimum Gasteiger partial charge on any atom is -0.481 e. The Morgan fingerprint density at radius 1 is 1.47 bits per heavy atom. The third-order valence-corrected chi connectivity index (χ3v) is 2.92. The highest BCUT2D eigenvalue weighted by Gasteiger charge is 2.12. The average Bonchev–Trinajstić information content (AvgIpc) is 2.67. The van der Waals surface area contributed by atoms with Crippen LogP contribution < -0.4 is 0 Å². The lowest BCUT2D eigenvalue weighted by molar-refractivity contribution is -0.137. The molecule has 0 saturated carbocycles. The summed E-state index contributed by atoms with van der Waals surface area (Å²) < 4.78 is 2.11. The number of carboxylic acid groups (broad SMARTS) is 1. The van der Waals surface area contributed by atoms with Gasteiger partial charge in [-0.25, -0.2) is 9.97 Å². The number of fused-ring (bicyclic) bond motifs is 1. The topological polar surface area (TPSA) is 68.0 Å². The fourth-order valence-electron chi connectivity index (χ4n) is 2.15. The molecule has 5 nitrogen and oxygen atoms in total. The van der Waals surface area contributed by atoms with Crippen molar-refractivity contribution in [1.29, 1.82) is 0 Å². The van der Waals surface area contributed by atoms with Gasteiger partial charge in [0.2, 0.25) is 0 Å². The van der Waals surface area contributed by atoms with E-state index in [1.165, 1.54) is 0 Å². The van der Waals surface area contributed by atoms with Crippen molar-refractivity contribution in [1.82, 2.24) is 14.5 Å². The molecule has 0 aromatic carbocycles. The molecule has 0 radical (unpaired) electrons. The molecule has 0 unspecified atom stereocenters. The number of aryl methyl sites for hydroxylation is 1. The van der Waals surface area contributed by atoms with Crippen LogP contribution in [0.3, 0.4) is 0 Å². The molecule has 0 bridgehead atoms. The number of imidazole rings is 1. The van der Waals surface area contributed by atoms with Crippen LogP contribution in [0.2, 0.25) is 0 Å². The molecule has 2 heterocycles. The zero-order valence-electron chi connectivity index (χ0n) is 11.3. The van der Waals surface area contributed by atoms with Gasteiger partial charge in [0.1, 0.15) is 11.3 Å². The van der Waals surface area contributed by atoms with Gasteiger partial charge in [0.25, 0.3) is 0 Å². The molecular formula is C14H19N3O2. The highest BCUT2D eigenvalue weighted by molar-refractivity contribution is 5.71. The Hall–Kier alpha value is -1.91. The first-order valence-electron chi connectivity index (χ1n) is 6.60. The fraction of sp³-hybridized carbons (Fsp3) is 0.500. The molecule has 102 valence electrons. The zero-order chi connectivity index (χ0) is 13.8. The number of hydrogen-bond acceptors (Lipinski definition) is 3. The molecule has 2 aromatic rings. The quantitative estimate of drug-likeness (QED) is 0.867. The molecule has 0 aliphatic carbocycles. The molecule has 2 rings (SSSR count). The standard InChI is InChI=1S/C14H19N3O2/c1-10(2)9-17-12(6-3-7-13(18)19)16-11-5-4-8-15-14(11)17/h4-5,8,10H,3,6-7,9H2,1-2H3,(H,18,19). The van der Waals surface area contributed by atoms with E-state index in [9.17, 15) is 4.79 Å². The number of nitrogens with zero attached hydrogens (tertiary/aromatic N) is 3. The van der Waals surface area contributed by atoms with Gasteiger partial charge in [0, 0.05) is 25.6 Å². The Kier molecular flexibility index (Phi) is 4.14. The number of aromatic nitrogens is 3. The lowest BCUT2D eigenvalue weighted by Crippen LogP contribution is -2.10. The van der Waals surface area contributed by atoms with E-state index in [4.69, 9.17) is 5.11 Å². The third kappa shape index (κ3) is 3.30. The Labute approximate surface area is 112 Å². The van der Waals surface area contributed by atoms with Crippen LogP contribution in [-0.4, -0.2) is 25.6 Å². The summed E-state index contributed by atoms with van der Waals surface area (Å²) in [5.74, 6) is 0.672. The second-order valence-corrected chi connectivity index (χ2v) is 5.13. The summed E-state index contributed by atoms with van der Waals surface area (Å²) >= 11 is 0. The summed E-state index contributed by atoms with van der Waals surface area (Å²) in [7, 11) is 0. The number of carbonyl (C=O) groups is 1. The molecule has 5 heteroatoms. The zero-order valence-corrected chi connectivity index (χ0v) is 11.3. The highest BCUT2D eigenvalue weighted by atomic mass is 16.4. The van der Waals surface area contributed by atoms with E-state index in [0.29, 0.717) is 18.8 Å². The highest BCUT2D eigenvalue weighted by Crippen LogP contribution is 2.17. The summed E-state index contributed by atoms with van der Waals surface area (Å²) in [5, 5.41) is 8.71. The Morgan fingerprint density at radius 3 is 2.95 bits per heavy atom. The van der Waals surface area contributed by atoms with Crippen molar-refractivity contribution < 1.29 is 9.90 Å². The van der Waals surface area contributed by atoms with Crippen molar-refractivity contribution in [2.45, 2.75) is 39.7 Å². The Morgan fingerprint density at radius 2 is 2.26 bits per heavy atom. The monoisotopic (exact) mass is 261 g/mol. The van der Waals surface area contributed by atoms with Gasteiger partial charge >= 0.3 is 5.97 Å². The first-order chi connectivity index (χ1) is 9.08. The van der Waals surface area contributed by atoms with Crippen LogP contribution >= 0.6 is 0 Å². The van der Waals surface area contributed by atoms with Crippen molar-refractivity contribution in [3.8, 4) is 0 Å². The molecule has 0 aliphatic rings. The van der Waals surface area contributed by atoms with Crippen molar-refractivity contribution in [3.63, 3.8) is 0 Å². The average molecular weight is 261 g/mol. The van der Waals surface area contributed by atoms with E-state index in [1.807, 2.05) is 12.1 Å². The molecule has 0 atom stereocenters. The fourth-order valence-corrected chi connectivity index (χ4v) is 2.15. The predicted molar refractivity (Wildman–Crippen MR) is 72.9 cm³/mol. The van der Waals surface area contributed by atoms with Gasteiger partial charge in [-0.2, -0.15) is 0 Å². The SMILES string of the molecule is CC(C)Cn1c(CCCC(=O)O)nc2cccnc21. The largest absolute Gasteiger partial charge is 0.481 e. The summed E-state index contributed by atoms with van der Waals surface area (Å²) in [4.78, 5) is 19.5. The van der Waals surface area contributed by atoms with Crippen molar-refractivity contribution in [3.05, 3.63) is 24.2 Å². The smallest absolute Gasteiger partial charge is 0.303 e. The number of aliphatic carboxylic acids is 1. The van der Waals surface area contributed by atoms with E-state index in [-0.39, 0.29) is 6.42 Å². The number of pyridine rings is 1. The van der Waals surface area contributed by atoms with Crippen LogP contribution in [0, 0.1) is 5.92 Å². The molecule has 1 N–H and O–H groups in total. The molecule has 0 aliphatic heterocycles. The van der Waals surface area contributed by atoms with Crippen LogP contribution in [0.5, 0.6) is 0 Å². The molecular weight excluding hydrogens is 242 g/mol. The summed E-state index contributed by atoms with van der Waals surface area (Å²) in [6.45, 7) is 5.15. The normalized spacial score (nSPS) is 11.3. The maximum absolute atomic E-state index is 10.6. The van der Waals surface area contributed by atoms with Crippen molar-refractivity contribution >= 4 is 17.1 Å². The first kappa shape index (κ1) is 13.5. The lowest BCUT2D eigenvalue weighted by Gasteiger charge is -2.10. The van der Waals surface area contributed by atoms with Crippen molar-refractivity contribution in [2.24, 2.45) is 5.92 Å². The Balaban J connectivity index is 2.27. The van der Waals surface area contributed by atoms with Crippen LogP contribution in [0.4, 0.5) is 0 Å². The minimum atomic E-state index is -0.760. The second-order valence-electron chi connectivity index (χ2n) is 5.13. The van der Waals surface area contributed by atoms with Gasteiger partial charge < -0.3 is 9.67 Å². The maximum Gasteiger partial charge on any atom is 0.303 e. The Bertz CT molecular complexity index is 575. The van der Waals surface area contributed by atoms with Gasteiger partial charge in [0.05, 0.1) is 0 Å². The third-order valence-electron chi connectivity index (χ3n) is 2.92. The number of rotatable bonds is 6. The van der Waals surface area contributed by atoms with Crippen LogP contribution in [0.25, 0.3) is 11.2 Å². The summed E-state index contributed by atoms with van der Waals surface area (Å²) in [6.07, 6.45) is 3.23. The first-order valence-corrected chi connectivity index (χ1v) is 6.60. The van der Waals surface area contributed by atoms with E-state index >= 15 is 0 Å². The summed E-state index contributed by atoms with van der Waals surface area (Å²) in [6, 6.07) is 3.82. The number of carboxylic acids is 1. The molecule has 0 spiro atoms. The molecule has 2 aromatic heterocycles. The molecule has 19 heavy (non-hydrogen) atoms. The minimum absolute atomic E-state index is 0.179. The molecule has 0 amide bonds. The molecule has 0 saturated heterocycles. The van der Waals surface area contributed by atoms with Gasteiger partial charge in [0.15, 0.2) is 5.65 Å². The van der Waals surface area contributed by atoms with Crippen LogP contribution in [-0.2, 0) is 17.8 Å². The van der Waals surface area contributed by atoms with E-state index in [0.717, 1.165) is 23.5 Å². The van der Waals surface area contributed by atoms with Gasteiger partial charge in [-0.3, -0.25) is 4.79 Å². The van der Waals surface area contributed by atoms with Crippen LogP contribution in [0.15, 0.2) is 18.3 Å². The van der Waals surface area contributed by atoms with Gasteiger partial charge in [-0.1, -0.05) is 13.8 Å². The van der Waals surface area contributed by atoms with Gasteiger partial charge in [-0.05, 0) is 24.5 Å². The molecule has 0 fully saturated rings. The van der Waals surface area contributed by atoms with Crippen LogP contribution in [0.1, 0.15) is 32.5 Å². The summed E-state index contributed by atoms with van der Waals surface area (Å²) in [5.41, 5.74) is 1.77. The maximum atomic E-state index is 10.6.